The number of aliphatic hydroxyl groups is 1. The topological polar surface area (TPSA) is 58.4 Å². The van der Waals surface area contributed by atoms with Crippen molar-refractivity contribution in [3.8, 4) is 0 Å². The Morgan fingerprint density at radius 2 is 1.97 bits per heavy atom. The van der Waals surface area contributed by atoms with Gasteiger partial charge in [-0.15, -0.1) is 0 Å². The Labute approximate surface area is 166 Å². The lowest BCUT2D eigenvalue weighted by molar-refractivity contribution is -0.123. The van der Waals surface area contributed by atoms with Crippen molar-refractivity contribution < 1.29 is 18.7 Å². The second kappa shape index (κ2) is 5.86. The van der Waals surface area contributed by atoms with E-state index in [0.29, 0.717) is 5.95 Å². The van der Waals surface area contributed by atoms with Gasteiger partial charge < -0.3 is 5.11 Å². The molecule has 7 heteroatoms. The predicted molar refractivity (Wildman–Crippen MR) is 104 cm³/mol. The third-order valence-electron chi connectivity index (χ3n) is 6.14. The molecule has 5 nitrogen and oxygen atoms in total. The Bertz CT molecular complexity index is 1160. The molecule has 1 saturated carbocycles. The lowest BCUT2D eigenvalue weighted by atomic mass is 9.79. The van der Waals surface area contributed by atoms with E-state index in [1.54, 1.807) is 18.7 Å². The maximum atomic E-state index is 14.0. The summed E-state index contributed by atoms with van der Waals surface area (Å²) >= 11 is 0. The Hall–Kier alpha value is -2.80. The predicted octanol–water partition coefficient (Wildman–Crippen LogP) is 3.97. The molecular weight excluding hydrogens is 376 g/mol. The summed E-state index contributed by atoms with van der Waals surface area (Å²) in [4.78, 5) is 19.4. The fourth-order valence-electron chi connectivity index (χ4n) is 4.44. The van der Waals surface area contributed by atoms with Gasteiger partial charge in [-0.25, -0.2) is 13.8 Å². The van der Waals surface area contributed by atoms with E-state index in [0.717, 1.165) is 48.0 Å². The third-order valence-corrected chi connectivity index (χ3v) is 6.14. The zero-order chi connectivity index (χ0) is 20.6. The Morgan fingerprint density at radius 1 is 1.21 bits per heavy atom. The molecule has 2 aromatic carbocycles. The second-order valence-electron chi connectivity index (χ2n) is 8.49. The van der Waals surface area contributed by atoms with Crippen LogP contribution < -0.4 is 4.90 Å². The molecule has 0 bridgehead atoms. The summed E-state index contributed by atoms with van der Waals surface area (Å²) in [5, 5.41) is 10.4. The summed E-state index contributed by atoms with van der Waals surface area (Å²) < 4.78 is 29.3. The quantitative estimate of drug-likeness (QED) is 0.728. The largest absolute Gasteiger partial charge is 0.386 e. The highest BCUT2D eigenvalue weighted by atomic mass is 19.1. The van der Waals surface area contributed by atoms with E-state index in [2.05, 4.69) is 9.55 Å². The normalized spacial score (nSPS) is 17.2. The van der Waals surface area contributed by atoms with Gasteiger partial charge in [0.05, 0.1) is 23.1 Å². The minimum Gasteiger partial charge on any atom is -0.386 e. The van der Waals surface area contributed by atoms with Gasteiger partial charge in [-0.3, -0.25) is 14.3 Å². The maximum absolute atomic E-state index is 14.0. The molecular formula is C22H21F2N3O2. The molecule has 1 amide bonds. The number of halogens is 2. The van der Waals surface area contributed by atoms with Gasteiger partial charge in [-0.05, 0) is 62.4 Å². The molecule has 0 atom stereocenters. The van der Waals surface area contributed by atoms with Crippen LogP contribution in [0.15, 0.2) is 36.4 Å². The molecule has 5 rings (SSSR count). The van der Waals surface area contributed by atoms with Crippen LogP contribution in [0.25, 0.3) is 11.0 Å². The van der Waals surface area contributed by atoms with Gasteiger partial charge >= 0.3 is 0 Å². The van der Waals surface area contributed by atoms with Gasteiger partial charge in [0.2, 0.25) is 11.9 Å². The van der Waals surface area contributed by atoms with E-state index in [-0.39, 0.29) is 17.9 Å². The van der Waals surface area contributed by atoms with Crippen LogP contribution in [0.5, 0.6) is 0 Å². The number of nitrogens with zero attached hydrogens (tertiary/aromatic N) is 3. The van der Waals surface area contributed by atoms with E-state index >= 15 is 0 Å². The number of aromatic nitrogens is 2. The number of hydrogen-bond acceptors (Lipinski definition) is 3. The van der Waals surface area contributed by atoms with E-state index < -0.39 is 22.9 Å². The standard InChI is InChI=1S/C22H21F2N3O2/c1-21(2,29)14-5-7-17-18(11-14)26-20(25-17)27(22(26)8-3-9-22)19(28)10-13-4-6-15(23)12-16(13)24/h4-7,11-12,29H,3,8-10H2,1-2H3. The highest BCUT2D eigenvalue weighted by Gasteiger charge is 2.58. The summed E-state index contributed by atoms with van der Waals surface area (Å²) in [5.41, 5.74) is 1.13. The van der Waals surface area contributed by atoms with E-state index in [1.165, 1.54) is 6.07 Å². The monoisotopic (exact) mass is 397 g/mol. The first-order valence-corrected chi connectivity index (χ1v) is 9.73. The minimum atomic E-state index is -0.981. The molecule has 150 valence electrons. The van der Waals surface area contributed by atoms with E-state index in [1.807, 2.05) is 18.2 Å². The summed E-state index contributed by atoms with van der Waals surface area (Å²) in [6.07, 6.45) is 2.44. The maximum Gasteiger partial charge on any atom is 0.235 e. The smallest absolute Gasteiger partial charge is 0.235 e. The highest BCUT2D eigenvalue weighted by molar-refractivity contribution is 6.00. The molecule has 0 radical (unpaired) electrons. The Kier molecular flexibility index (Phi) is 3.68. The van der Waals surface area contributed by atoms with Crippen molar-refractivity contribution in [3.05, 3.63) is 59.2 Å². The van der Waals surface area contributed by atoms with Gasteiger partial charge in [0.25, 0.3) is 0 Å². The zero-order valence-corrected chi connectivity index (χ0v) is 16.2. The van der Waals surface area contributed by atoms with Gasteiger partial charge in [-0.2, -0.15) is 0 Å². The molecule has 3 aromatic rings. The van der Waals surface area contributed by atoms with Crippen LogP contribution in [0.3, 0.4) is 0 Å². The fraction of sp³-hybridized carbons (Fsp3) is 0.364. The van der Waals surface area contributed by atoms with Crippen LogP contribution in [-0.4, -0.2) is 20.6 Å². The van der Waals surface area contributed by atoms with Crippen LogP contribution in [0.4, 0.5) is 14.7 Å². The first kappa shape index (κ1) is 18.2. The van der Waals surface area contributed by atoms with Crippen molar-refractivity contribution in [1.82, 2.24) is 9.55 Å². The Morgan fingerprint density at radius 3 is 2.59 bits per heavy atom. The van der Waals surface area contributed by atoms with Crippen molar-refractivity contribution in [2.75, 3.05) is 4.90 Å². The minimum absolute atomic E-state index is 0.147. The van der Waals surface area contributed by atoms with Crippen molar-refractivity contribution >= 4 is 22.9 Å². The molecule has 0 unspecified atom stereocenters. The molecule has 1 aliphatic heterocycles. The summed E-state index contributed by atoms with van der Waals surface area (Å²) in [6, 6.07) is 8.88. The van der Waals surface area contributed by atoms with Crippen LogP contribution in [0.2, 0.25) is 0 Å². The summed E-state index contributed by atoms with van der Waals surface area (Å²) in [7, 11) is 0. The van der Waals surface area contributed by atoms with Crippen LogP contribution in [0, 0.1) is 11.6 Å². The van der Waals surface area contributed by atoms with Crippen LogP contribution in [0.1, 0.15) is 44.2 Å². The molecule has 0 saturated heterocycles. The number of amides is 1. The lowest BCUT2D eigenvalue weighted by Crippen LogP contribution is -2.66. The van der Waals surface area contributed by atoms with Gasteiger partial charge in [0.1, 0.15) is 17.3 Å². The van der Waals surface area contributed by atoms with Crippen molar-refractivity contribution in [2.24, 2.45) is 0 Å². The highest BCUT2D eigenvalue weighted by Crippen LogP contribution is 2.55. The molecule has 1 spiro atoms. The molecule has 1 N–H and O–H groups in total. The summed E-state index contributed by atoms with van der Waals surface area (Å²) in [6.45, 7) is 3.46. The number of anilines is 1. The third kappa shape index (κ3) is 2.53. The number of imidazole rings is 1. The molecule has 29 heavy (non-hydrogen) atoms. The first-order chi connectivity index (χ1) is 13.7. The average molecular weight is 397 g/mol. The van der Waals surface area contributed by atoms with Gasteiger partial charge in [0.15, 0.2) is 0 Å². The average Bonchev–Trinajstić information content (AvgIpc) is 2.90. The molecule has 2 heterocycles. The SMILES string of the molecule is CC(C)(O)c1ccc2nc3n(c2c1)C1(CCC1)N3C(=O)Cc1ccc(F)cc1F. The van der Waals surface area contributed by atoms with Crippen molar-refractivity contribution in [1.29, 1.82) is 0 Å². The van der Waals surface area contributed by atoms with E-state index in [9.17, 15) is 18.7 Å². The number of carbonyl (C=O) groups is 1. The number of hydrogen-bond donors (Lipinski definition) is 1. The summed E-state index contributed by atoms with van der Waals surface area (Å²) in [5.74, 6) is -1.09. The van der Waals surface area contributed by atoms with Crippen LogP contribution >= 0.6 is 0 Å². The number of fused-ring (bicyclic) bond motifs is 4. The number of rotatable bonds is 3. The molecule has 1 aromatic heterocycles. The van der Waals surface area contributed by atoms with Gasteiger partial charge in [0, 0.05) is 6.07 Å². The second-order valence-corrected chi connectivity index (χ2v) is 8.49. The lowest BCUT2D eigenvalue weighted by Gasteiger charge is -2.58. The fourth-order valence-corrected chi connectivity index (χ4v) is 4.44. The zero-order valence-electron chi connectivity index (χ0n) is 16.2. The van der Waals surface area contributed by atoms with Gasteiger partial charge in [-0.1, -0.05) is 12.1 Å². The molecule has 1 aliphatic carbocycles. The first-order valence-electron chi connectivity index (χ1n) is 9.73. The van der Waals surface area contributed by atoms with Crippen LogP contribution in [-0.2, 0) is 22.5 Å². The van der Waals surface area contributed by atoms with E-state index in [4.69, 9.17) is 0 Å². The molecule has 1 fully saturated rings. The van der Waals surface area contributed by atoms with Crippen molar-refractivity contribution in [3.63, 3.8) is 0 Å². The molecule has 2 aliphatic rings. The number of benzene rings is 2. The van der Waals surface area contributed by atoms with Crippen molar-refractivity contribution in [2.45, 2.75) is 50.8 Å². The Balaban J connectivity index is 1.55. The number of carbonyl (C=O) groups excluding carboxylic acids is 1.